The number of ether oxygens (including phenoxy) is 1. The molecule has 0 spiro atoms. The van der Waals surface area contributed by atoms with E-state index in [2.05, 4.69) is 20.4 Å². The van der Waals surface area contributed by atoms with Gasteiger partial charge in [-0.05, 0) is 49.2 Å². The van der Waals surface area contributed by atoms with Crippen molar-refractivity contribution < 1.29 is 14.1 Å². The van der Waals surface area contributed by atoms with Gasteiger partial charge in [-0.15, -0.1) is 0 Å². The molecule has 2 heterocycles. The van der Waals surface area contributed by atoms with Gasteiger partial charge in [0, 0.05) is 12.5 Å². The monoisotopic (exact) mass is 390 g/mol. The second-order valence-electron chi connectivity index (χ2n) is 7.05. The topological polar surface area (TPSA) is 93.0 Å². The van der Waals surface area contributed by atoms with E-state index in [1.807, 2.05) is 56.3 Å². The normalized spacial score (nSPS) is 12.1. The molecular weight excluding hydrogens is 368 g/mol. The molecule has 7 heteroatoms. The number of carbonyl (C=O) groups excluding carboxylic acids is 1. The number of nitrogens with one attached hydrogen (secondary N) is 2. The highest BCUT2D eigenvalue weighted by molar-refractivity contribution is 5.91. The van der Waals surface area contributed by atoms with E-state index in [0.717, 1.165) is 27.9 Å². The molecule has 0 saturated heterocycles. The maximum atomic E-state index is 12.5. The summed E-state index contributed by atoms with van der Waals surface area (Å²) in [7, 11) is 1.63. The van der Waals surface area contributed by atoms with Crippen LogP contribution in [0.25, 0.3) is 11.0 Å². The van der Waals surface area contributed by atoms with E-state index >= 15 is 0 Å². The van der Waals surface area contributed by atoms with Gasteiger partial charge in [0.15, 0.2) is 0 Å². The molecule has 0 aliphatic rings. The number of aromatic amines is 1. The summed E-state index contributed by atoms with van der Waals surface area (Å²) in [6, 6.07) is 15.0. The molecule has 0 radical (unpaired) electrons. The third-order valence-corrected chi connectivity index (χ3v) is 4.74. The molecule has 0 aliphatic heterocycles. The summed E-state index contributed by atoms with van der Waals surface area (Å²) in [6.45, 7) is 3.90. The Labute approximate surface area is 168 Å². The first-order valence-electron chi connectivity index (χ1n) is 9.37. The van der Waals surface area contributed by atoms with E-state index in [1.165, 1.54) is 0 Å². The van der Waals surface area contributed by atoms with E-state index in [1.54, 1.807) is 13.2 Å². The molecule has 148 valence electrons. The minimum absolute atomic E-state index is 0.173. The van der Waals surface area contributed by atoms with Gasteiger partial charge >= 0.3 is 0 Å². The first-order chi connectivity index (χ1) is 14.0. The second kappa shape index (κ2) is 7.79. The van der Waals surface area contributed by atoms with E-state index in [9.17, 15) is 4.79 Å². The lowest BCUT2D eigenvalue weighted by Gasteiger charge is -2.09. The van der Waals surface area contributed by atoms with Gasteiger partial charge in [0.2, 0.25) is 5.76 Å². The lowest BCUT2D eigenvalue weighted by atomic mass is 10.1. The first kappa shape index (κ1) is 18.7. The summed E-state index contributed by atoms with van der Waals surface area (Å²) < 4.78 is 10.4. The number of amides is 1. The molecule has 2 aromatic heterocycles. The zero-order chi connectivity index (χ0) is 20.4. The van der Waals surface area contributed by atoms with E-state index in [4.69, 9.17) is 9.26 Å². The van der Waals surface area contributed by atoms with Crippen LogP contribution in [0.3, 0.4) is 0 Å². The largest absolute Gasteiger partial charge is 0.497 e. The van der Waals surface area contributed by atoms with Crippen molar-refractivity contribution in [1.29, 1.82) is 0 Å². The second-order valence-corrected chi connectivity index (χ2v) is 7.05. The van der Waals surface area contributed by atoms with E-state index < -0.39 is 0 Å². The van der Waals surface area contributed by atoms with Gasteiger partial charge in [0.05, 0.1) is 29.9 Å². The van der Waals surface area contributed by atoms with Crippen LogP contribution in [0.1, 0.15) is 46.2 Å². The lowest BCUT2D eigenvalue weighted by Crippen LogP contribution is -2.27. The van der Waals surface area contributed by atoms with Crippen molar-refractivity contribution >= 4 is 16.9 Å². The summed E-state index contributed by atoms with van der Waals surface area (Å²) in [5, 5.41) is 6.91. The molecule has 1 atom stereocenters. The number of aryl methyl sites for hydroxylation is 1. The maximum absolute atomic E-state index is 12.5. The van der Waals surface area contributed by atoms with Gasteiger partial charge in [0.25, 0.3) is 5.91 Å². The predicted octanol–water partition coefficient (Wildman–Crippen LogP) is 3.95. The minimum Gasteiger partial charge on any atom is -0.497 e. The Morgan fingerprint density at radius 3 is 2.76 bits per heavy atom. The van der Waals surface area contributed by atoms with Crippen molar-refractivity contribution in [3.63, 3.8) is 0 Å². The molecule has 0 bridgehead atoms. The Hall–Kier alpha value is -3.61. The summed E-state index contributed by atoms with van der Waals surface area (Å²) in [6.07, 6.45) is 0.569. The zero-order valence-electron chi connectivity index (χ0n) is 16.5. The van der Waals surface area contributed by atoms with E-state index in [-0.39, 0.29) is 17.7 Å². The van der Waals surface area contributed by atoms with E-state index in [0.29, 0.717) is 17.9 Å². The average molecular weight is 390 g/mol. The van der Waals surface area contributed by atoms with Crippen LogP contribution in [0.15, 0.2) is 53.1 Å². The van der Waals surface area contributed by atoms with Gasteiger partial charge in [0.1, 0.15) is 11.6 Å². The molecule has 0 unspecified atom stereocenters. The van der Waals surface area contributed by atoms with Crippen LogP contribution in [0.4, 0.5) is 0 Å². The number of fused-ring (bicyclic) bond motifs is 1. The van der Waals surface area contributed by atoms with Crippen molar-refractivity contribution in [2.24, 2.45) is 0 Å². The van der Waals surface area contributed by atoms with Crippen molar-refractivity contribution in [3.05, 3.63) is 76.9 Å². The Kier molecular flexibility index (Phi) is 5.03. The molecular formula is C22H22N4O3. The van der Waals surface area contributed by atoms with Crippen molar-refractivity contribution in [2.75, 3.05) is 7.11 Å². The number of benzene rings is 2. The van der Waals surface area contributed by atoms with Crippen LogP contribution in [-0.4, -0.2) is 28.1 Å². The molecule has 29 heavy (non-hydrogen) atoms. The fourth-order valence-electron chi connectivity index (χ4n) is 3.14. The predicted molar refractivity (Wildman–Crippen MR) is 109 cm³/mol. The van der Waals surface area contributed by atoms with Crippen LogP contribution < -0.4 is 10.1 Å². The highest BCUT2D eigenvalue weighted by atomic mass is 16.5. The van der Waals surface area contributed by atoms with Crippen LogP contribution in [0.2, 0.25) is 0 Å². The average Bonchev–Trinajstić information content (AvgIpc) is 3.35. The number of H-pyrrole nitrogens is 1. The van der Waals surface area contributed by atoms with Gasteiger partial charge in [-0.2, -0.15) is 0 Å². The summed E-state index contributed by atoms with van der Waals surface area (Å²) >= 11 is 0. The molecule has 7 nitrogen and oxygen atoms in total. The number of hydrogen-bond donors (Lipinski definition) is 2. The number of methoxy groups -OCH3 is 1. The van der Waals surface area contributed by atoms with Gasteiger partial charge < -0.3 is 19.6 Å². The Bertz CT molecular complexity index is 1140. The highest BCUT2D eigenvalue weighted by Crippen LogP contribution is 2.18. The highest BCUT2D eigenvalue weighted by Gasteiger charge is 2.18. The fourth-order valence-corrected chi connectivity index (χ4v) is 3.14. The van der Waals surface area contributed by atoms with Crippen molar-refractivity contribution in [1.82, 2.24) is 20.4 Å². The number of rotatable bonds is 6. The standard InChI is InChI=1S/C22H22N4O3/c1-13-4-9-18-19(10-13)25-21(24-18)14(2)23-22(27)20-12-16(26-29-20)11-15-5-7-17(28-3)8-6-15/h4-10,12,14H,11H2,1-3H3,(H,23,27)(H,24,25)/t14-/m1/s1. The van der Waals surface area contributed by atoms with Gasteiger partial charge in [-0.1, -0.05) is 23.4 Å². The maximum Gasteiger partial charge on any atom is 0.290 e. The quantitative estimate of drug-likeness (QED) is 0.520. The first-order valence-corrected chi connectivity index (χ1v) is 9.37. The van der Waals surface area contributed by atoms with Gasteiger partial charge in [-0.3, -0.25) is 4.79 Å². The molecule has 2 aromatic carbocycles. The van der Waals surface area contributed by atoms with Crippen molar-refractivity contribution in [3.8, 4) is 5.75 Å². The summed E-state index contributed by atoms with van der Waals surface area (Å²) in [5.41, 5.74) is 4.70. The molecule has 2 N–H and O–H groups in total. The molecule has 0 aliphatic carbocycles. The Morgan fingerprint density at radius 2 is 2.00 bits per heavy atom. The van der Waals surface area contributed by atoms with Crippen LogP contribution in [0.5, 0.6) is 5.75 Å². The molecule has 1 amide bonds. The molecule has 0 saturated carbocycles. The molecule has 0 fully saturated rings. The lowest BCUT2D eigenvalue weighted by molar-refractivity contribution is 0.0901. The summed E-state index contributed by atoms with van der Waals surface area (Å²) in [4.78, 5) is 20.4. The third kappa shape index (κ3) is 4.13. The smallest absolute Gasteiger partial charge is 0.290 e. The SMILES string of the molecule is COc1ccc(Cc2cc(C(=O)N[C@H](C)c3nc4ccc(C)cc4[nH]3)on2)cc1. The number of imidazole rings is 1. The number of aromatic nitrogens is 3. The number of nitrogens with zero attached hydrogens (tertiary/aromatic N) is 2. The third-order valence-electron chi connectivity index (χ3n) is 4.74. The van der Waals surface area contributed by atoms with Gasteiger partial charge in [-0.25, -0.2) is 4.98 Å². The van der Waals surface area contributed by atoms with Crippen LogP contribution >= 0.6 is 0 Å². The number of hydrogen-bond acceptors (Lipinski definition) is 5. The Balaban J connectivity index is 1.42. The fraction of sp³-hybridized carbons (Fsp3) is 0.227. The zero-order valence-corrected chi connectivity index (χ0v) is 16.5. The van der Waals surface area contributed by atoms with Crippen LogP contribution in [-0.2, 0) is 6.42 Å². The Morgan fingerprint density at radius 1 is 1.21 bits per heavy atom. The minimum atomic E-state index is -0.331. The van der Waals surface area contributed by atoms with Crippen LogP contribution in [0, 0.1) is 6.92 Å². The molecule has 4 aromatic rings. The molecule has 4 rings (SSSR count). The van der Waals surface area contributed by atoms with Crippen molar-refractivity contribution in [2.45, 2.75) is 26.3 Å². The number of carbonyl (C=O) groups is 1. The summed E-state index contributed by atoms with van der Waals surface area (Å²) in [5.74, 6) is 1.33.